The molecule has 0 fully saturated rings. The minimum atomic E-state index is 0.258. The van der Waals surface area contributed by atoms with Gasteiger partial charge in [0, 0.05) is 6.20 Å². The Hall–Kier alpha value is -3.87. The SMILES string of the molecule is Cc1nn(-c2ccccc2)c2nccc(NN=Cc3ccc4c(c3)OCO4)c12. The van der Waals surface area contributed by atoms with Gasteiger partial charge in [0.25, 0.3) is 0 Å². The van der Waals surface area contributed by atoms with Crippen LogP contribution in [0.5, 0.6) is 11.5 Å². The summed E-state index contributed by atoms with van der Waals surface area (Å²) in [4.78, 5) is 4.52. The standard InChI is InChI=1S/C21H17N5O2/c1-14-20-17(24-23-12-15-7-8-18-19(11-15)28-13-27-18)9-10-22-21(20)26(25-14)16-5-3-2-4-6-16/h2-12H,13H2,1H3,(H,22,24). The summed E-state index contributed by atoms with van der Waals surface area (Å²) in [7, 11) is 0. The highest BCUT2D eigenvalue weighted by Gasteiger charge is 2.14. The van der Waals surface area contributed by atoms with E-state index < -0.39 is 0 Å². The average Bonchev–Trinajstić information content (AvgIpc) is 3.33. The van der Waals surface area contributed by atoms with E-state index in [0.29, 0.717) is 0 Å². The molecular formula is C21H17N5O2. The van der Waals surface area contributed by atoms with Crippen LogP contribution in [0.15, 0.2) is 65.9 Å². The lowest BCUT2D eigenvalue weighted by Gasteiger charge is -2.04. The normalized spacial score (nSPS) is 12.8. The van der Waals surface area contributed by atoms with Crippen LogP contribution in [0.4, 0.5) is 5.69 Å². The lowest BCUT2D eigenvalue weighted by atomic mass is 10.2. The third-order valence-electron chi connectivity index (χ3n) is 4.54. The molecule has 0 bridgehead atoms. The molecule has 0 atom stereocenters. The molecule has 1 aliphatic rings. The number of benzene rings is 2. The number of rotatable bonds is 4. The summed E-state index contributed by atoms with van der Waals surface area (Å²) >= 11 is 0. The Kier molecular flexibility index (Phi) is 3.90. The van der Waals surface area contributed by atoms with Crippen LogP contribution in [0.3, 0.4) is 0 Å². The zero-order valence-corrected chi connectivity index (χ0v) is 15.2. The van der Waals surface area contributed by atoms with Gasteiger partial charge >= 0.3 is 0 Å². The van der Waals surface area contributed by atoms with E-state index in [1.54, 1.807) is 12.4 Å². The van der Waals surface area contributed by atoms with Gasteiger partial charge in [0.1, 0.15) is 0 Å². The number of para-hydroxylation sites is 1. The second-order valence-electron chi connectivity index (χ2n) is 6.37. The van der Waals surface area contributed by atoms with Gasteiger partial charge < -0.3 is 9.47 Å². The second-order valence-corrected chi connectivity index (χ2v) is 6.37. The Morgan fingerprint density at radius 2 is 1.93 bits per heavy atom. The number of anilines is 1. The fourth-order valence-corrected chi connectivity index (χ4v) is 3.23. The highest BCUT2D eigenvalue weighted by molar-refractivity contribution is 5.92. The number of aryl methyl sites for hydroxylation is 1. The number of aromatic nitrogens is 3. The summed E-state index contributed by atoms with van der Waals surface area (Å²) in [5.74, 6) is 1.49. The van der Waals surface area contributed by atoms with E-state index >= 15 is 0 Å². The van der Waals surface area contributed by atoms with Gasteiger partial charge in [-0.3, -0.25) is 5.43 Å². The van der Waals surface area contributed by atoms with Crippen LogP contribution < -0.4 is 14.9 Å². The number of nitrogens with zero attached hydrogens (tertiary/aromatic N) is 4. The van der Waals surface area contributed by atoms with E-state index in [0.717, 1.165) is 45.2 Å². The molecule has 7 heteroatoms. The van der Waals surface area contributed by atoms with Gasteiger partial charge in [0.2, 0.25) is 6.79 Å². The molecule has 0 amide bonds. The van der Waals surface area contributed by atoms with Crippen molar-refractivity contribution >= 4 is 22.9 Å². The molecule has 138 valence electrons. The lowest BCUT2D eigenvalue weighted by molar-refractivity contribution is 0.174. The molecule has 0 radical (unpaired) electrons. The van der Waals surface area contributed by atoms with E-state index in [4.69, 9.17) is 9.47 Å². The minimum Gasteiger partial charge on any atom is -0.454 e. The number of ether oxygens (including phenoxy) is 2. The van der Waals surface area contributed by atoms with Crippen molar-refractivity contribution in [3.8, 4) is 17.2 Å². The lowest BCUT2D eigenvalue weighted by Crippen LogP contribution is -1.97. The van der Waals surface area contributed by atoms with Crippen LogP contribution in [0.2, 0.25) is 0 Å². The molecule has 1 N–H and O–H groups in total. The fraction of sp³-hybridized carbons (Fsp3) is 0.0952. The van der Waals surface area contributed by atoms with Gasteiger partial charge in [0.05, 0.1) is 28.7 Å². The summed E-state index contributed by atoms with van der Waals surface area (Å²) in [5, 5.41) is 9.97. The summed E-state index contributed by atoms with van der Waals surface area (Å²) < 4.78 is 12.6. The van der Waals surface area contributed by atoms with Crippen molar-refractivity contribution < 1.29 is 9.47 Å². The number of hydrogen-bond acceptors (Lipinski definition) is 6. The Labute approximate surface area is 161 Å². The largest absolute Gasteiger partial charge is 0.454 e. The summed E-state index contributed by atoms with van der Waals surface area (Å²) in [6.45, 7) is 2.23. The van der Waals surface area contributed by atoms with Crippen LogP contribution in [-0.4, -0.2) is 27.8 Å². The molecule has 0 spiro atoms. The van der Waals surface area contributed by atoms with Crippen molar-refractivity contribution in [3.05, 3.63) is 72.1 Å². The first kappa shape index (κ1) is 16.3. The first-order valence-electron chi connectivity index (χ1n) is 8.88. The number of hydrogen-bond donors (Lipinski definition) is 1. The van der Waals surface area contributed by atoms with E-state index in [-0.39, 0.29) is 6.79 Å². The van der Waals surface area contributed by atoms with E-state index in [2.05, 4.69) is 20.6 Å². The van der Waals surface area contributed by atoms with Gasteiger partial charge in [-0.2, -0.15) is 10.2 Å². The Bertz CT molecular complexity index is 1180. The van der Waals surface area contributed by atoms with Gasteiger partial charge in [0.15, 0.2) is 17.1 Å². The van der Waals surface area contributed by atoms with Crippen LogP contribution in [0.25, 0.3) is 16.7 Å². The number of pyridine rings is 1. The molecule has 7 nitrogen and oxygen atoms in total. The highest BCUT2D eigenvalue weighted by Crippen LogP contribution is 2.32. The molecule has 0 unspecified atom stereocenters. The maximum Gasteiger partial charge on any atom is 0.231 e. The van der Waals surface area contributed by atoms with Gasteiger partial charge in [-0.05, 0) is 48.9 Å². The molecule has 5 rings (SSSR count). The van der Waals surface area contributed by atoms with Crippen LogP contribution in [-0.2, 0) is 0 Å². The maximum absolute atomic E-state index is 5.40. The van der Waals surface area contributed by atoms with Crippen molar-refractivity contribution in [1.29, 1.82) is 0 Å². The zero-order valence-electron chi connectivity index (χ0n) is 15.2. The summed E-state index contributed by atoms with van der Waals surface area (Å²) in [6, 6.07) is 17.6. The predicted octanol–water partition coefficient (Wildman–Crippen LogP) is 3.90. The van der Waals surface area contributed by atoms with Gasteiger partial charge in [-0.15, -0.1) is 0 Å². The van der Waals surface area contributed by atoms with Crippen molar-refractivity contribution in [2.45, 2.75) is 6.92 Å². The van der Waals surface area contributed by atoms with E-state index in [9.17, 15) is 0 Å². The smallest absolute Gasteiger partial charge is 0.231 e. The van der Waals surface area contributed by atoms with Gasteiger partial charge in [-0.1, -0.05) is 18.2 Å². The maximum atomic E-state index is 5.40. The Morgan fingerprint density at radius 1 is 1.07 bits per heavy atom. The molecule has 3 heterocycles. The first-order chi connectivity index (χ1) is 13.8. The topological polar surface area (TPSA) is 73.6 Å². The molecule has 0 aliphatic carbocycles. The molecule has 2 aromatic heterocycles. The van der Waals surface area contributed by atoms with Crippen LogP contribution in [0.1, 0.15) is 11.3 Å². The van der Waals surface area contributed by atoms with Crippen LogP contribution >= 0.6 is 0 Å². The fourth-order valence-electron chi connectivity index (χ4n) is 3.23. The molecule has 0 saturated heterocycles. The first-order valence-corrected chi connectivity index (χ1v) is 8.88. The van der Waals surface area contributed by atoms with Crippen molar-refractivity contribution in [3.63, 3.8) is 0 Å². The molecule has 4 aromatic rings. The van der Waals surface area contributed by atoms with E-state index in [1.807, 2.05) is 66.2 Å². The van der Waals surface area contributed by atoms with Crippen molar-refractivity contribution in [2.75, 3.05) is 12.2 Å². The van der Waals surface area contributed by atoms with E-state index in [1.165, 1.54) is 0 Å². The quantitative estimate of drug-likeness (QED) is 0.435. The monoisotopic (exact) mass is 371 g/mol. The second kappa shape index (κ2) is 6.70. The average molecular weight is 371 g/mol. The predicted molar refractivity (Wildman–Crippen MR) is 107 cm³/mol. The summed E-state index contributed by atoms with van der Waals surface area (Å²) in [6.07, 6.45) is 3.49. The molecule has 0 saturated carbocycles. The number of nitrogens with one attached hydrogen (secondary N) is 1. The third-order valence-corrected chi connectivity index (χ3v) is 4.54. The Balaban J connectivity index is 1.46. The molecular weight excluding hydrogens is 354 g/mol. The number of fused-ring (bicyclic) bond motifs is 2. The van der Waals surface area contributed by atoms with Crippen LogP contribution in [0, 0.1) is 6.92 Å². The zero-order chi connectivity index (χ0) is 18.9. The Morgan fingerprint density at radius 3 is 2.82 bits per heavy atom. The molecule has 1 aliphatic heterocycles. The van der Waals surface area contributed by atoms with Gasteiger partial charge in [-0.25, -0.2) is 9.67 Å². The molecule has 2 aromatic carbocycles. The van der Waals surface area contributed by atoms with Crippen molar-refractivity contribution in [1.82, 2.24) is 14.8 Å². The molecule has 28 heavy (non-hydrogen) atoms. The minimum absolute atomic E-state index is 0.258. The van der Waals surface area contributed by atoms with Crippen molar-refractivity contribution in [2.24, 2.45) is 5.10 Å². The summed E-state index contributed by atoms with van der Waals surface area (Å²) in [5.41, 5.74) is 7.51. The third kappa shape index (κ3) is 2.83. The highest BCUT2D eigenvalue weighted by atomic mass is 16.7. The number of hydrazone groups is 1.